The van der Waals surface area contributed by atoms with Gasteiger partial charge < -0.3 is 10.6 Å². The Balaban J connectivity index is 2.10. The van der Waals surface area contributed by atoms with E-state index in [9.17, 15) is 10.1 Å². The van der Waals surface area contributed by atoms with Crippen molar-refractivity contribution >= 4 is 22.3 Å². The van der Waals surface area contributed by atoms with Crippen molar-refractivity contribution in [3.63, 3.8) is 0 Å². The highest BCUT2D eigenvalue weighted by Gasteiger charge is 2.29. The van der Waals surface area contributed by atoms with Gasteiger partial charge in [0.15, 0.2) is 0 Å². The Morgan fingerprint density at radius 2 is 2.24 bits per heavy atom. The summed E-state index contributed by atoms with van der Waals surface area (Å²) in [6.45, 7) is 3.58. The summed E-state index contributed by atoms with van der Waals surface area (Å²) in [5, 5.41) is 12.1. The molecule has 6 nitrogen and oxygen atoms in total. The minimum atomic E-state index is -0.307. The van der Waals surface area contributed by atoms with Crippen molar-refractivity contribution in [1.29, 1.82) is 0 Å². The van der Waals surface area contributed by atoms with Gasteiger partial charge in [0.2, 0.25) is 0 Å². The molecule has 0 bridgehead atoms. The molecule has 0 spiro atoms. The number of piperidine rings is 1. The van der Waals surface area contributed by atoms with Gasteiger partial charge >= 0.3 is 5.69 Å². The van der Waals surface area contributed by atoms with Crippen molar-refractivity contribution in [2.75, 3.05) is 18.0 Å². The number of nitro groups is 1. The number of aromatic nitrogens is 1. The summed E-state index contributed by atoms with van der Waals surface area (Å²) in [6, 6.07) is 7.30. The number of rotatable bonds is 2. The number of nitrogens with zero attached hydrogens (tertiary/aromatic N) is 3. The first kappa shape index (κ1) is 13.8. The quantitative estimate of drug-likeness (QED) is 0.676. The third-order valence-corrected chi connectivity index (χ3v) is 4.23. The highest BCUT2D eigenvalue weighted by molar-refractivity contribution is 5.94. The summed E-state index contributed by atoms with van der Waals surface area (Å²) < 4.78 is 0. The average Bonchev–Trinajstić information content (AvgIpc) is 2.48. The SMILES string of the molecule is CC1CN(c2ccc3ncccc3c2[N+](=O)[O-])CCC1N. The average molecular weight is 286 g/mol. The topological polar surface area (TPSA) is 85.3 Å². The molecule has 1 aliphatic heterocycles. The molecule has 2 atom stereocenters. The largest absolute Gasteiger partial charge is 0.366 e. The number of anilines is 1. The van der Waals surface area contributed by atoms with E-state index in [-0.39, 0.29) is 16.7 Å². The number of nitro benzene ring substituents is 1. The van der Waals surface area contributed by atoms with Gasteiger partial charge in [-0.3, -0.25) is 15.1 Å². The molecule has 21 heavy (non-hydrogen) atoms. The molecule has 1 saturated heterocycles. The second-order valence-corrected chi connectivity index (χ2v) is 5.64. The molecule has 0 saturated carbocycles. The fourth-order valence-electron chi connectivity index (χ4n) is 2.95. The lowest BCUT2D eigenvalue weighted by molar-refractivity contribution is -0.382. The first-order chi connectivity index (χ1) is 10.1. The molecule has 3 rings (SSSR count). The Kier molecular flexibility index (Phi) is 3.47. The fourth-order valence-corrected chi connectivity index (χ4v) is 2.95. The molecular formula is C15H18N4O2. The van der Waals surface area contributed by atoms with Crippen molar-refractivity contribution in [2.24, 2.45) is 11.7 Å². The molecule has 2 N–H and O–H groups in total. The Morgan fingerprint density at radius 1 is 1.43 bits per heavy atom. The fraction of sp³-hybridized carbons (Fsp3) is 0.400. The van der Waals surface area contributed by atoms with Crippen molar-refractivity contribution in [3.05, 3.63) is 40.6 Å². The van der Waals surface area contributed by atoms with E-state index >= 15 is 0 Å². The lowest BCUT2D eigenvalue weighted by Crippen LogP contribution is -2.46. The van der Waals surface area contributed by atoms with Crippen LogP contribution in [0.1, 0.15) is 13.3 Å². The predicted molar refractivity (Wildman–Crippen MR) is 82.4 cm³/mol. The minimum Gasteiger partial charge on any atom is -0.366 e. The van der Waals surface area contributed by atoms with Crippen molar-refractivity contribution in [3.8, 4) is 0 Å². The molecule has 6 heteroatoms. The smallest absolute Gasteiger partial charge is 0.301 e. The third-order valence-electron chi connectivity index (χ3n) is 4.23. The Bertz CT molecular complexity index is 688. The number of hydrogen-bond donors (Lipinski definition) is 1. The van der Waals surface area contributed by atoms with Gasteiger partial charge in [-0.05, 0) is 36.6 Å². The van der Waals surface area contributed by atoms with E-state index in [4.69, 9.17) is 5.73 Å². The van der Waals surface area contributed by atoms with Crippen LogP contribution in [0.5, 0.6) is 0 Å². The van der Waals surface area contributed by atoms with Crippen molar-refractivity contribution in [1.82, 2.24) is 4.98 Å². The molecule has 1 aromatic carbocycles. The van der Waals surface area contributed by atoms with Crippen molar-refractivity contribution < 1.29 is 4.92 Å². The molecule has 1 aromatic heterocycles. The predicted octanol–water partition coefficient (Wildman–Crippen LogP) is 2.32. The second-order valence-electron chi connectivity index (χ2n) is 5.64. The Labute approximate surface area is 122 Å². The van der Waals surface area contributed by atoms with E-state index in [0.29, 0.717) is 22.5 Å². The molecular weight excluding hydrogens is 268 g/mol. The maximum Gasteiger partial charge on any atom is 0.301 e. The summed E-state index contributed by atoms with van der Waals surface area (Å²) in [6.07, 6.45) is 2.50. The van der Waals surface area contributed by atoms with Crippen LogP contribution in [0.15, 0.2) is 30.5 Å². The summed E-state index contributed by atoms with van der Waals surface area (Å²) in [4.78, 5) is 17.5. The number of hydrogen-bond acceptors (Lipinski definition) is 5. The molecule has 0 amide bonds. The summed E-state index contributed by atoms with van der Waals surface area (Å²) in [7, 11) is 0. The Morgan fingerprint density at radius 3 is 2.95 bits per heavy atom. The van der Waals surface area contributed by atoms with Crippen LogP contribution in [0, 0.1) is 16.0 Å². The normalized spacial score (nSPS) is 22.5. The van der Waals surface area contributed by atoms with Gasteiger partial charge in [-0.15, -0.1) is 0 Å². The van der Waals surface area contributed by atoms with E-state index in [2.05, 4.69) is 16.8 Å². The van der Waals surface area contributed by atoms with Gasteiger partial charge in [0.1, 0.15) is 5.69 Å². The van der Waals surface area contributed by atoms with Gasteiger partial charge in [-0.1, -0.05) is 6.92 Å². The van der Waals surface area contributed by atoms with Crippen LogP contribution in [-0.4, -0.2) is 29.0 Å². The standard InChI is InChI=1S/C15H18N4O2/c1-10-9-18(8-6-12(10)16)14-5-4-13-11(3-2-7-17-13)15(14)19(20)21/h2-5,7,10,12H,6,8-9,16H2,1H3. The monoisotopic (exact) mass is 286 g/mol. The van der Waals surface area contributed by atoms with Crippen LogP contribution >= 0.6 is 0 Å². The Hall–Kier alpha value is -2.21. The van der Waals surface area contributed by atoms with Crippen LogP contribution in [0.25, 0.3) is 10.9 Å². The molecule has 1 fully saturated rings. The maximum absolute atomic E-state index is 11.6. The molecule has 2 aromatic rings. The minimum absolute atomic E-state index is 0.142. The molecule has 2 heterocycles. The molecule has 110 valence electrons. The van der Waals surface area contributed by atoms with E-state index in [1.165, 1.54) is 0 Å². The van der Waals surface area contributed by atoms with Crippen LogP contribution in [0.4, 0.5) is 11.4 Å². The van der Waals surface area contributed by atoms with Crippen LogP contribution in [0.3, 0.4) is 0 Å². The lowest BCUT2D eigenvalue weighted by Gasteiger charge is -2.36. The highest BCUT2D eigenvalue weighted by atomic mass is 16.6. The zero-order valence-electron chi connectivity index (χ0n) is 11.9. The summed E-state index contributed by atoms with van der Waals surface area (Å²) in [5.41, 5.74) is 7.49. The van der Waals surface area contributed by atoms with Gasteiger partial charge in [-0.2, -0.15) is 0 Å². The van der Waals surface area contributed by atoms with E-state index in [1.54, 1.807) is 24.4 Å². The van der Waals surface area contributed by atoms with E-state index < -0.39 is 0 Å². The second kappa shape index (κ2) is 5.29. The number of pyridine rings is 1. The van der Waals surface area contributed by atoms with Gasteiger partial charge in [0, 0.05) is 25.3 Å². The zero-order valence-corrected chi connectivity index (χ0v) is 11.9. The van der Waals surface area contributed by atoms with Gasteiger partial charge in [0.05, 0.1) is 15.8 Å². The molecule has 1 aliphatic rings. The van der Waals surface area contributed by atoms with E-state index in [1.807, 2.05) is 6.07 Å². The highest BCUT2D eigenvalue weighted by Crippen LogP contribution is 2.36. The first-order valence-corrected chi connectivity index (χ1v) is 7.10. The lowest BCUT2D eigenvalue weighted by atomic mass is 9.94. The summed E-state index contributed by atoms with van der Waals surface area (Å²) in [5.74, 6) is 0.322. The van der Waals surface area contributed by atoms with Gasteiger partial charge in [0.25, 0.3) is 0 Å². The number of benzene rings is 1. The molecule has 0 radical (unpaired) electrons. The third kappa shape index (κ3) is 2.42. The van der Waals surface area contributed by atoms with Crippen LogP contribution < -0.4 is 10.6 Å². The number of fused-ring (bicyclic) bond motifs is 1. The molecule has 2 unspecified atom stereocenters. The maximum atomic E-state index is 11.6. The number of nitrogens with two attached hydrogens (primary N) is 1. The van der Waals surface area contributed by atoms with E-state index in [0.717, 1.165) is 19.5 Å². The van der Waals surface area contributed by atoms with Gasteiger partial charge in [-0.25, -0.2) is 0 Å². The van der Waals surface area contributed by atoms with Crippen LogP contribution in [-0.2, 0) is 0 Å². The van der Waals surface area contributed by atoms with Crippen LogP contribution in [0.2, 0.25) is 0 Å². The summed E-state index contributed by atoms with van der Waals surface area (Å²) >= 11 is 0. The zero-order chi connectivity index (χ0) is 15.0. The van der Waals surface area contributed by atoms with Crippen molar-refractivity contribution in [2.45, 2.75) is 19.4 Å². The molecule has 0 aliphatic carbocycles. The first-order valence-electron chi connectivity index (χ1n) is 7.10.